The summed E-state index contributed by atoms with van der Waals surface area (Å²) >= 11 is 0. The van der Waals surface area contributed by atoms with Crippen molar-refractivity contribution in [3.63, 3.8) is 0 Å². The first-order valence-corrected chi connectivity index (χ1v) is 11.5. The fraction of sp³-hybridized carbons (Fsp3) is 0.625. The van der Waals surface area contributed by atoms with Crippen LogP contribution in [-0.4, -0.2) is 51.1 Å². The maximum atomic E-state index is 4.40. The lowest BCUT2D eigenvalue weighted by Crippen LogP contribution is -2.63. The summed E-state index contributed by atoms with van der Waals surface area (Å²) in [5.74, 6) is 4.38. The molecule has 2 saturated carbocycles. The monoisotopic (exact) mass is 404 g/mol. The van der Waals surface area contributed by atoms with E-state index in [4.69, 9.17) is 0 Å². The normalized spacial score (nSPS) is 29.3. The Labute approximate surface area is 178 Å². The Morgan fingerprint density at radius 2 is 2.00 bits per heavy atom. The third kappa shape index (κ3) is 3.25. The molecule has 2 aromatic heterocycles. The minimum absolute atomic E-state index is 0.632. The van der Waals surface area contributed by atoms with Crippen LogP contribution in [0.2, 0.25) is 0 Å². The first-order chi connectivity index (χ1) is 14.6. The molecule has 3 atom stereocenters. The number of hydrogen-bond donors (Lipinski definition) is 1. The van der Waals surface area contributed by atoms with Gasteiger partial charge < -0.3 is 10.2 Å². The second-order valence-corrected chi connectivity index (χ2v) is 10.5. The molecular weight excluding hydrogens is 372 g/mol. The molecule has 3 fully saturated rings. The summed E-state index contributed by atoms with van der Waals surface area (Å²) in [7, 11) is 1.93. The average molecular weight is 405 g/mol. The van der Waals surface area contributed by atoms with Crippen LogP contribution in [-0.2, 0) is 7.05 Å². The summed E-state index contributed by atoms with van der Waals surface area (Å²) in [6.07, 6.45) is 12.6. The summed E-state index contributed by atoms with van der Waals surface area (Å²) in [4.78, 5) is 2.73. The van der Waals surface area contributed by atoms with Crippen LogP contribution in [0.5, 0.6) is 0 Å². The highest BCUT2D eigenvalue weighted by molar-refractivity contribution is 5.61. The maximum absolute atomic E-state index is 4.40. The van der Waals surface area contributed by atoms with Crippen molar-refractivity contribution in [2.45, 2.75) is 32.6 Å². The lowest BCUT2D eigenvalue weighted by Gasteiger charge is -2.60. The van der Waals surface area contributed by atoms with Crippen molar-refractivity contribution in [1.82, 2.24) is 24.9 Å². The highest BCUT2D eigenvalue weighted by atomic mass is 15.3. The summed E-state index contributed by atoms with van der Waals surface area (Å²) in [6.45, 7) is 7.03. The quantitative estimate of drug-likeness (QED) is 0.747. The van der Waals surface area contributed by atoms with Gasteiger partial charge in [0.25, 0.3) is 0 Å². The van der Waals surface area contributed by atoms with Gasteiger partial charge in [-0.25, -0.2) is 0 Å². The van der Waals surface area contributed by atoms with E-state index < -0.39 is 0 Å². The molecule has 2 bridgehead atoms. The Balaban J connectivity index is 0.946. The Bertz CT molecular complexity index is 947. The Morgan fingerprint density at radius 3 is 2.63 bits per heavy atom. The zero-order chi connectivity index (χ0) is 20.3. The smallest absolute Gasteiger partial charge is 0.148 e. The first-order valence-electron chi connectivity index (χ1n) is 11.5. The van der Waals surface area contributed by atoms with Crippen LogP contribution in [0, 0.1) is 36.0 Å². The molecule has 3 unspecified atom stereocenters. The predicted molar refractivity (Wildman–Crippen MR) is 118 cm³/mol. The molecule has 1 N–H and O–H groups in total. The molecule has 0 radical (unpaired) electrons. The summed E-state index contributed by atoms with van der Waals surface area (Å²) in [5, 5.41) is 16.7. The molecule has 30 heavy (non-hydrogen) atoms. The Morgan fingerprint density at radius 1 is 1.13 bits per heavy atom. The van der Waals surface area contributed by atoms with E-state index in [-0.39, 0.29) is 0 Å². The summed E-state index contributed by atoms with van der Waals surface area (Å²) in [6, 6.07) is 4.08. The van der Waals surface area contributed by atoms with Crippen LogP contribution >= 0.6 is 0 Å². The van der Waals surface area contributed by atoms with E-state index in [0.29, 0.717) is 5.41 Å². The highest BCUT2D eigenvalue weighted by Crippen LogP contribution is 2.53. The first kappa shape index (κ1) is 18.6. The standard InChI is InChI=1S/C24H32N6/c1-16-21(13-29(2)28-16)22-5-6-23(27-26-22)25-11-18-9-24(10-18)14-30(15-24)12-20-8-17-3-4-19(20)7-17/h3-6,13,17-20H,7-12,14-15H2,1-2H3,(H,25,27). The van der Waals surface area contributed by atoms with Gasteiger partial charge in [-0.2, -0.15) is 5.10 Å². The van der Waals surface area contributed by atoms with Crippen molar-refractivity contribution < 1.29 is 0 Å². The number of anilines is 1. The van der Waals surface area contributed by atoms with Crippen molar-refractivity contribution in [2.24, 2.45) is 36.1 Å². The van der Waals surface area contributed by atoms with Crippen LogP contribution in [0.1, 0.15) is 31.4 Å². The molecule has 158 valence electrons. The maximum Gasteiger partial charge on any atom is 0.148 e. The zero-order valence-electron chi connectivity index (χ0n) is 18.1. The van der Waals surface area contributed by atoms with Crippen LogP contribution in [0.15, 0.2) is 30.5 Å². The van der Waals surface area contributed by atoms with Gasteiger partial charge in [0.2, 0.25) is 0 Å². The zero-order valence-corrected chi connectivity index (χ0v) is 18.1. The van der Waals surface area contributed by atoms with Crippen molar-refractivity contribution in [1.29, 1.82) is 0 Å². The second-order valence-electron chi connectivity index (χ2n) is 10.5. The molecule has 2 aromatic rings. The number of nitrogens with zero attached hydrogens (tertiary/aromatic N) is 5. The van der Waals surface area contributed by atoms with Gasteiger partial charge in [-0.05, 0) is 73.8 Å². The number of aromatic nitrogens is 4. The van der Waals surface area contributed by atoms with Gasteiger partial charge in [-0.15, -0.1) is 10.2 Å². The number of nitrogens with one attached hydrogen (secondary N) is 1. The third-order valence-corrected chi connectivity index (χ3v) is 8.00. The fourth-order valence-corrected chi connectivity index (χ4v) is 6.71. The van der Waals surface area contributed by atoms with Crippen LogP contribution in [0.25, 0.3) is 11.3 Å². The number of rotatable bonds is 6. The van der Waals surface area contributed by atoms with Gasteiger partial charge in [-0.3, -0.25) is 4.68 Å². The van der Waals surface area contributed by atoms with Gasteiger partial charge in [0.05, 0.1) is 11.4 Å². The number of aryl methyl sites for hydroxylation is 2. The Hall–Kier alpha value is -2.21. The predicted octanol–water partition coefficient (Wildman–Crippen LogP) is 3.52. The van der Waals surface area contributed by atoms with E-state index in [1.54, 1.807) is 0 Å². The lowest BCUT2D eigenvalue weighted by molar-refractivity contribution is -0.0967. The molecule has 3 heterocycles. The summed E-state index contributed by atoms with van der Waals surface area (Å²) in [5.41, 5.74) is 3.55. The van der Waals surface area contributed by atoms with E-state index in [1.165, 1.54) is 45.3 Å². The highest BCUT2D eigenvalue weighted by Gasteiger charge is 2.52. The number of fused-ring (bicyclic) bond motifs is 2. The SMILES string of the molecule is Cc1nn(C)cc1-c1ccc(NCC2CC3(C2)CN(CC2CC4C=CC2C4)C3)nn1. The molecule has 1 aliphatic heterocycles. The topological polar surface area (TPSA) is 58.9 Å². The molecule has 4 aliphatic rings. The van der Waals surface area contributed by atoms with Gasteiger partial charge in [0, 0.05) is 45.0 Å². The molecular formula is C24H32N6. The Kier molecular flexibility index (Phi) is 4.27. The molecule has 6 rings (SSSR count). The van der Waals surface area contributed by atoms with E-state index in [1.807, 2.05) is 37.0 Å². The minimum Gasteiger partial charge on any atom is -0.368 e. The fourth-order valence-electron chi connectivity index (χ4n) is 6.71. The van der Waals surface area contributed by atoms with Crippen molar-refractivity contribution in [2.75, 3.05) is 31.5 Å². The van der Waals surface area contributed by atoms with Crippen molar-refractivity contribution in [3.05, 3.63) is 36.2 Å². The molecule has 3 aliphatic carbocycles. The molecule has 6 nitrogen and oxygen atoms in total. The van der Waals surface area contributed by atoms with Gasteiger partial charge >= 0.3 is 0 Å². The van der Waals surface area contributed by atoms with Crippen LogP contribution in [0.4, 0.5) is 5.82 Å². The van der Waals surface area contributed by atoms with Gasteiger partial charge in [0.15, 0.2) is 0 Å². The van der Waals surface area contributed by atoms with E-state index in [2.05, 4.69) is 37.7 Å². The van der Waals surface area contributed by atoms with Crippen molar-refractivity contribution >= 4 is 5.82 Å². The lowest BCUT2D eigenvalue weighted by atomic mass is 9.57. The molecule has 1 spiro atoms. The second kappa shape index (κ2) is 6.91. The number of hydrogen-bond acceptors (Lipinski definition) is 5. The average Bonchev–Trinajstić information content (AvgIpc) is 3.38. The van der Waals surface area contributed by atoms with Crippen molar-refractivity contribution in [3.8, 4) is 11.3 Å². The minimum atomic E-state index is 0.632. The largest absolute Gasteiger partial charge is 0.368 e. The summed E-state index contributed by atoms with van der Waals surface area (Å²) < 4.78 is 1.82. The molecule has 6 heteroatoms. The number of likely N-dealkylation sites (tertiary alicyclic amines) is 1. The molecule has 0 amide bonds. The van der Waals surface area contributed by atoms with Gasteiger partial charge in [0.1, 0.15) is 5.82 Å². The molecule has 0 aromatic carbocycles. The van der Waals surface area contributed by atoms with Crippen LogP contribution < -0.4 is 5.32 Å². The third-order valence-electron chi connectivity index (χ3n) is 8.00. The van der Waals surface area contributed by atoms with E-state index in [0.717, 1.165) is 53.0 Å². The van der Waals surface area contributed by atoms with Crippen LogP contribution in [0.3, 0.4) is 0 Å². The molecule has 1 saturated heterocycles. The number of allylic oxidation sites excluding steroid dienone is 2. The van der Waals surface area contributed by atoms with E-state index in [9.17, 15) is 0 Å². The van der Waals surface area contributed by atoms with Gasteiger partial charge in [-0.1, -0.05) is 12.2 Å². The van der Waals surface area contributed by atoms with E-state index >= 15 is 0 Å².